The first kappa shape index (κ1) is 16.6. The van der Waals surface area contributed by atoms with Gasteiger partial charge >= 0.3 is 6.18 Å². The number of carbonyl (C=O) groups excluding carboxylic acids is 1. The number of amides is 1. The molecule has 1 atom stereocenters. The largest absolute Gasteiger partial charge is 0.389 e. The van der Waals surface area contributed by atoms with Crippen molar-refractivity contribution >= 4 is 28.9 Å². The van der Waals surface area contributed by atoms with Gasteiger partial charge in [0.25, 0.3) is 5.91 Å². The van der Waals surface area contributed by atoms with E-state index in [1.165, 1.54) is 11.3 Å². The molecule has 3 heterocycles. The van der Waals surface area contributed by atoms with Crippen molar-refractivity contribution in [3.05, 3.63) is 28.7 Å². The van der Waals surface area contributed by atoms with E-state index in [1.54, 1.807) is 27.9 Å². The van der Waals surface area contributed by atoms with Gasteiger partial charge < -0.3 is 10.2 Å². The number of rotatable bonds is 4. The second-order valence-electron chi connectivity index (χ2n) is 5.52. The van der Waals surface area contributed by atoms with Crippen LogP contribution in [-0.4, -0.2) is 40.4 Å². The average molecular weight is 357 g/mol. The predicted octanol–water partition coefficient (Wildman–Crippen LogP) is 2.96. The first-order valence-corrected chi connectivity index (χ1v) is 8.20. The van der Waals surface area contributed by atoms with Gasteiger partial charge in [-0.3, -0.25) is 4.79 Å². The minimum absolute atomic E-state index is 0.266. The second-order valence-corrected chi connectivity index (χ2v) is 6.24. The van der Waals surface area contributed by atoms with E-state index in [-0.39, 0.29) is 11.7 Å². The average Bonchev–Trinajstić information content (AvgIpc) is 3.17. The van der Waals surface area contributed by atoms with Gasteiger partial charge in [0, 0.05) is 24.9 Å². The number of aromatic nitrogens is 3. The number of halogens is 3. The molecule has 0 spiro atoms. The molecule has 1 amide bonds. The van der Waals surface area contributed by atoms with E-state index >= 15 is 0 Å². The number of anilines is 2. The topological polar surface area (TPSA) is 71.0 Å². The second kappa shape index (κ2) is 6.71. The maximum absolute atomic E-state index is 12.4. The molecule has 0 saturated carbocycles. The van der Waals surface area contributed by atoms with E-state index in [1.807, 2.05) is 0 Å². The zero-order chi connectivity index (χ0) is 17.2. The highest BCUT2D eigenvalue weighted by atomic mass is 32.1. The zero-order valence-corrected chi connectivity index (χ0v) is 13.3. The van der Waals surface area contributed by atoms with Crippen LogP contribution in [0.25, 0.3) is 0 Å². The molecule has 1 fully saturated rings. The Morgan fingerprint density at radius 1 is 1.38 bits per heavy atom. The fourth-order valence-corrected chi connectivity index (χ4v) is 3.13. The third-order valence-electron chi connectivity index (χ3n) is 3.69. The summed E-state index contributed by atoms with van der Waals surface area (Å²) in [6.07, 6.45) is -4.45. The molecular weight excluding hydrogens is 343 g/mol. The number of nitrogens with one attached hydrogen (secondary N) is 1. The summed E-state index contributed by atoms with van der Waals surface area (Å²) in [6.45, 7) is 0.818. The SMILES string of the molecule is O=C(Nc1ccc(N2CCC(CC(F)(F)F)C2)nn1)c1cscn1. The minimum atomic E-state index is -4.14. The number of hydrogen-bond donors (Lipinski definition) is 1. The van der Waals surface area contributed by atoms with Gasteiger partial charge in [0.05, 0.1) is 5.51 Å². The summed E-state index contributed by atoms with van der Waals surface area (Å²) < 4.78 is 37.3. The lowest BCUT2D eigenvalue weighted by Gasteiger charge is -2.17. The summed E-state index contributed by atoms with van der Waals surface area (Å²) in [7, 11) is 0. The number of hydrogen-bond acceptors (Lipinski definition) is 6. The summed E-state index contributed by atoms with van der Waals surface area (Å²) in [5, 5.41) is 12.1. The van der Waals surface area contributed by atoms with E-state index in [0.29, 0.717) is 31.0 Å². The Bertz CT molecular complexity index is 689. The molecule has 128 valence electrons. The van der Waals surface area contributed by atoms with Gasteiger partial charge in [0.15, 0.2) is 11.6 Å². The molecule has 1 aliphatic rings. The molecule has 1 saturated heterocycles. The fourth-order valence-electron chi connectivity index (χ4n) is 2.60. The van der Waals surface area contributed by atoms with Crippen LogP contribution in [0.15, 0.2) is 23.0 Å². The summed E-state index contributed by atoms with van der Waals surface area (Å²) in [6, 6.07) is 3.21. The van der Waals surface area contributed by atoms with Gasteiger partial charge in [0.2, 0.25) is 0 Å². The van der Waals surface area contributed by atoms with Gasteiger partial charge in [-0.15, -0.1) is 21.5 Å². The van der Waals surface area contributed by atoms with E-state index in [9.17, 15) is 18.0 Å². The van der Waals surface area contributed by atoms with Gasteiger partial charge in [-0.25, -0.2) is 4.98 Å². The van der Waals surface area contributed by atoms with Crippen LogP contribution in [0.1, 0.15) is 23.3 Å². The van der Waals surface area contributed by atoms with E-state index in [4.69, 9.17) is 0 Å². The Hall–Kier alpha value is -2.23. The number of thiazole rings is 1. The highest BCUT2D eigenvalue weighted by molar-refractivity contribution is 7.07. The van der Waals surface area contributed by atoms with Crippen LogP contribution < -0.4 is 10.2 Å². The lowest BCUT2D eigenvalue weighted by Crippen LogP contribution is -2.23. The molecule has 0 aliphatic carbocycles. The maximum atomic E-state index is 12.4. The Balaban J connectivity index is 1.58. The van der Waals surface area contributed by atoms with Crippen LogP contribution in [0, 0.1) is 5.92 Å². The lowest BCUT2D eigenvalue weighted by molar-refractivity contribution is -0.142. The monoisotopic (exact) mass is 357 g/mol. The van der Waals surface area contributed by atoms with Crippen LogP contribution in [0.3, 0.4) is 0 Å². The van der Waals surface area contributed by atoms with Crippen molar-refractivity contribution in [1.82, 2.24) is 15.2 Å². The third-order valence-corrected chi connectivity index (χ3v) is 4.27. The van der Waals surface area contributed by atoms with Gasteiger partial charge in [-0.05, 0) is 24.5 Å². The summed E-state index contributed by atoms with van der Waals surface area (Å²) in [4.78, 5) is 17.5. The van der Waals surface area contributed by atoms with Crippen LogP contribution in [0.2, 0.25) is 0 Å². The molecule has 24 heavy (non-hydrogen) atoms. The van der Waals surface area contributed by atoms with Gasteiger partial charge in [-0.1, -0.05) is 0 Å². The molecule has 10 heteroatoms. The van der Waals surface area contributed by atoms with E-state index in [0.717, 1.165) is 0 Å². The van der Waals surface area contributed by atoms with Crippen LogP contribution in [0.4, 0.5) is 24.8 Å². The van der Waals surface area contributed by atoms with Crippen molar-refractivity contribution in [3.63, 3.8) is 0 Å². The van der Waals surface area contributed by atoms with Crippen LogP contribution in [0.5, 0.6) is 0 Å². The number of nitrogens with zero attached hydrogens (tertiary/aromatic N) is 4. The van der Waals surface area contributed by atoms with Crippen molar-refractivity contribution in [1.29, 1.82) is 0 Å². The molecule has 1 unspecified atom stereocenters. The molecule has 2 aromatic heterocycles. The quantitative estimate of drug-likeness (QED) is 0.911. The molecule has 3 rings (SSSR count). The van der Waals surface area contributed by atoms with Crippen LogP contribution in [-0.2, 0) is 0 Å². The predicted molar refractivity (Wildman–Crippen MR) is 83.1 cm³/mol. The summed E-state index contributed by atoms with van der Waals surface area (Å²) in [5.74, 6) is -0.0327. The molecule has 1 aliphatic heterocycles. The zero-order valence-electron chi connectivity index (χ0n) is 12.5. The van der Waals surface area contributed by atoms with Crippen LogP contribution >= 0.6 is 11.3 Å². The fraction of sp³-hybridized carbons (Fsp3) is 0.429. The van der Waals surface area contributed by atoms with Gasteiger partial charge in [0.1, 0.15) is 5.69 Å². The normalized spacial score (nSPS) is 18.0. The van der Waals surface area contributed by atoms with Crippen molar-refractivity contribution in [2.45, 2.75) is 19.0 Å². The molecule has 1 N–H and O–H groups in total. The molecule has 0 aromatic carbocycles. The summed E-state index contributed by atoms with van der Waals surface area (Å²) >= 11 is 1.31. The molecule has 0 radical (unpaired) electrons. The molecule has 2 aromatic rings. The highest BCUT2D eigenvalue weighted by Crippen LogP contribution is 2.31. The molecule has 0 bridgehead atoms. The maximum Gasteiger partial charge on any atom is 0.389 e. The number of carbonyl (C=O) groups is 1. The van der Waals surface area contributed by atoms with E-state index < -0.39 is 18.5 Å². The Morgan fingerprint density at radius 2 is 2.21 bits per heavy atom. The first-order chi connectivity index (χ1) is 11.4. The Morgan fingerprint density at radius 3 is 2.83 bits per heavy atom. The van der Waals surface area contributed by atoms with Crippen molar-refractivity contribution in [2.75, 3.05) is 23.3 Å². The van der Waals surface area contributed by atoms with Gasteiger partial charge in [-0.2, -0.15) is 13.2 Å². The van der Waals surface area contributed by atoms with Crippen molar-refractivity contribution in [2.24, 2.45) is 5.92 Å². The highest BCUT2D eigenvalue weighted by Gasteiger charge is 2.35. The van der Waals surface area contributed by atoms with E-state index in [2.05, 4.69) is 20.5 Å². The lowest BCUT2D eigenvalue weighted by atomic mass is 10.1. The smallest absolute Gasteiger partial charge is 0.355 e. The molecule has 6 nitrogen and oxygen atoms in total. The first-order valence-electron chi connectivity index (χ1n) is 7.26. The minimum Gasteiger partial charge on any atom is -0.355 e. The summed E-state index contributed by atoms with van der Waals surface area (Å²) in [5.41, 5.74) is 1.84. The third kappa shape index (κ3) is 4.19. The Labute approximate surface area is 139 Å². The Kier molecular flexibility index (Phi) is 4.65. The van der Waals surface area contributed by atoms with Crippen molar-refractivity contribution in [3.8, 4) is 0 Å². The molecular formula is C14H14F3N5OS. The standard InChI is InChI=1S/C14H14F3N5OS/c15-14(16,17)5-9-3-4-22(6-9)12-2-1-11(20-21-12)19-13(23)10-7-24-8-18-10/h1-2,7-9H,3-6H2,(H,19,20,23). The number of alkyl halides is 3. The van der Waals surface area contributed by atoms with Crippen molar-refractivity contribution < 1.29 is 18.0 Å².